The third-order valence-corrected chi connectivity index (χ3v) is 3.65. The van der Waals surface area contributed by atoms with Gasteiger partial charge in [0.05, 0.1) is 18.4 Å². The van der Waals surface area contributed by atoms with Crippen molar-refractivity contribution in [3.05, 3.63) is 35.9 Å². The molecule has 2 aliphatic heterocycles. The summed E-state index contributed by atoms with van der Waals surface area (Å²) in [6.07, 6.45) is 9.42. The Kier molecular flexibility index (Phi) is 3.16. The molecule has 6 nitrogen and oxygen atoms in total. The van der Waals surface area contributed by atoms with Crippen LogP contribution in [0.4, 0.5) is 0 Å². The minimum atomic E-state index is 0.380. The standard InChI is InChI=1S/C13H12N6S/c1-18-7-9(6-16-18)11-3-4-15-12-13(20-2)17-10(5-14)8-19(11)12/h3,6-8H,4H2,1-2H3. The van der Waals surface area contributed by atoms with E-state index in [-0.39, 0.29) is 0 Å². The fraction of sp³-hybridized carbons (Fsp3) is 0.231. The number of hydrogen-bond donors (Lipinski definition) is 0. The van der Waals surface area contributed by atoms with Crippen molar-refractivity contribution in [3.8, 4) is 6.07 Å². The molecule has 0 aromatic carbocycles. The van der Waals surface area contributed by atoms with Gasteiger partial charge in [-0.3, -0.25) is 14.6 Å². The summed E-state index contributed by atoms with van der Waals surface area (Å²) in [7, 11) is 1.88. The van der Waals surface area contributed by atoms with Crippen LogP contribution in [0.5, 0.6) is 0 Å². The molecule has 0 radical (unpaired) electrons. The van der Waals surface area contributed by atoms with E-state index >= 15 is 0 Å². The van der Waals surface area contributed by atoms with Gasteiger partial charge in [0.2, 0.25) is 0 Å². The molecule has 3 rings (SSSR count). The summed E-state index contributed by atoms with van der Waals surface area (Å²) >= 11 is 1.49. The molecule has 0 fully saturated rings. The van der Waals surface area contributed by atoms with Gasteiger partial charge in [0.1, 0.15) is 11.1 Å². The Hall–Kier alpha value is -2.33. The molecular formula is C13H12N6S. The highest BCUT2D eigenvalue weighted by Crippen LogP contribution is 2.28. The second-order valence-electron chi connectivity index (χ2n) is 4.27. The number of thioether (sulfide) groups is 1. The smallest absolute Gasteiger partial charge is 0.165 e. The molecule has 0 saturated carbocycles. The van der Waals surface area contributed by atoms with Gasteiger partial charge in [0, 0.05) is 25.0 Å². The second-order valence-corrected chi connectivity index (χ2v) is 5.07. The Morgan fingerprint density at radius 3 is 2.95 bits per heavy atom. The van der Waals surface area contributed by atoms with E-state index < -0.39 is 0 Å². The van der Waals surface area contributed by atoms with Gasteiger partial charge in [-0.1, -0.05) is 0 Å². The summed E-state index contributed by atoms with van der Waals surface area (Å²) in [5.41, 5.74) is 2.36. The van der Waals surface area contributed by atoms with Crippen LogP contribution in [0.25, 0.3) is 5.70 Å². The van der Waals surface area contributed by atoms with Crippen molar-refractivity contribution in [2.24, 2.45) is 17.0 Å². The highest BCUT2D eigenvalue weighted by atomic mass is 32.2. The van der Waals surface area contributed by atoms with Crippen molar-refractivity contribution >= 4 is 28.3 Å². The van der Waals surface area contributed by atoms with E-state index in [0.29, 0.717) is 12.2 Å². The van der Waals surface area contributed by atoms with Crippen LogP contribution in [0.1, 0.15) is 5.56 Å². The number of nitriles is 1. The number of rotatable bonds is 1. The van der Waals surface area contributed by atoms with E-state index in [1.54, 1.807) is 17.1 Å². The first-order valence-corrected chi connectivity index (χ1v) is 7.23. The highest BCUT2D eigenvalue weighted by Gasteiger charge is 2.27. The molecule has 0 aliphatic carbocycles. The number of nitrogens with zero attached hydrogens (tertiary/aromatic N) is 6. The molecule has 0 N–H and O–H groups in total. The van der Waals surface area contributed by atoms with Gasteiger partial charge in [0.25, 0.3) is 0 Å². The van der Waals surface area contributed by atoms with Crippen LogP contribution in [0.2, 0.25) is 0 Å². The quantitative estimate of drug-likeness (QED) is 0.785. The van der Waals surface area contributed by atoms with Crippen molar-refractivity contribution in [1.29, 1.82) is 5.26 Å². The average Bonchev–Trinajstić information content (AvgIpc) is 2.91. The van der Waals surface area contributed by atoms with Gasteiger partial charge in [-0.15, -0.1) is 11.8 Å². The molecule has 0 spiro atoms. The first-order valence-electron chi connectivity index (χ1n) is 6.01. The lowest BCUT2D eigenvalue weighted by Crippen LogP contribution is -2.35. The summed E-state index contributed by atoms with van der Waals surface area (Å²) in [5, 5.41) is 14.1. The number of allylic oxidation sites excluding steroid dienone is 1. The third kappa shape index (κ3) is 2.04. The normalized spacial score (nSPS) is 17.6. The molecule has 20 heavy (non-hydrogen) atoms. The van der Waals surface area contributed by atoms with Crippen LogP contribution in [0.3, 0.4) is 0 Å². The maximum Gasteiger partial charge on any atom is 0.165 e. The molecule has 0 bridgehead atoms. The lowest BCUT2D eigenvalue weighted by Gasteiger charge is -2.30. The van der Waals surface area contributed by atoms with Crippen LogP contribution < -0.4 is 0 Å². The number of aryl methyl sites for hydroxylation is 1. The highest BCUT2D eigenvalue weighted by molar-refractivity contribution is 8.15. The topological polar surface area (TPSA) is 69.6 Å². The maximum atomic E-state index is 9.12. The van der Waals surface area contributed by atoms with Gasteiger partial charge >= 0.3 is 0 Å². The summed E-state index contributed by atoms with van der Waals surface area (Å²) in [5.74, 6) is 0.790. The van der Waals surface area contributed by atoms with Crippen molar-refractivity contribution in [2.45, 2.75) is 0 Å². The van der Waals surface area contributed by atoms with E-state index in [9.17, 15) is 0 Å². The van der Waals surface area contributed by atoms with Crippen LogP contribution in [0.15, 0.2) is 40.4 Å². The molecule has 2 aliphatic rings. The Morgan fingerprint density at radius 1 is 1.45 bits per heavy atom. The van der Waals surface area contributed by atoms with Crippen LogP contribution in [0, 0.1) is 11.3 Å². The number of amidine groups is 1. The number of hydrogen-bond acceptors (Lipinski definition) is 6. The molecular weight excluding hydrogens is 272 g/mol. The Balaban J connectivity index is 2.05. The number of aromatic nitrogens is 2. The fourth-order valence-corrected chi connectivity index (χ4v) is 2.66. The van der Waals surface area contributed by atoms with Crippen molar-refractivity contribution in [1.82, 2.24) is 14.7 Å². The summed E-state index contributed by atoms with van der Waals surface area (Å²) < 4.78 is 1.75. The molecule has 0 amide bonds. The van der Waals surface area contributed by atoms with Crippen molar-refractivity contribution in [2.75, 3.05) is 12.8 Å². The first kappa shape index (κ1) is 12.7. The van der Waals surface area contributed by atoms with E-state index in [2.05, 4.69) is 21.2 Å². The molecule has 1 aromatic heterocycles. The maximum absolute atomic E-state index is 9.12. The summed E-state index contributed by atoms with van der Waals surface area (Å²) in [4.78, 5) is 10.7. The third-order valence-electron chi connectivity index (χ3n) is 2.99. The van der Waals surface area contributed by atoms with Crippen molar-refractivity contribution in [3.63, 3.8) is 0 Å². The Bertz CT molecular complexity index is 715. The number of aliphatic imine (C=N–C) groups is 2. The van der Waals surface area contributed by atoms with E-state index in [1.807, 2.05) is 30.5 Å². The molecule has 1 aromatic rings. The molecule has 7 heteroatoms. The summed E-state index contributed by atoms with van der Waals surface area (Å²) in [6.45, 7) is 0.603. The first-order chi connectivity index (χ1) is 9.72. The zero-order valence-electron chi connectivity index (χ0n) is 11.1. The minimum Gasteiger partial charge on any atom is -0.296 e. The lowest BCUT2D eigenvalue weighted by atomic mass is 10.1. The van der Waals surface area contributed by atoms with Gasteiger partial charge in [-0.05, 0) is 12.3 Å². The summed E-state index contributed by atoms with van der Waals surface area (Å²) in [6, 6.07) is 2.09. The van der Waals surface area contributed by atoms with E-state index in [1.165, 1.54) is 11.8 Å². The second kappa shape index (κ2) is 4.98. The monoisotopic (exact) mass is 284 g/mol. The van der Waals surface area contributed by atoms with Crippen LogP contribution >= 0.6 is 11.8 Å². The zero-order valence-corrected chi connectivity index (χ0v) is 11.9. The predicted molar refractivity (Wildman–Crippen MR) is 80.0 cm³/mol. The number of fused-ring (bicyclic) bond motifs is 1. The van der Waals surface area contributed by atoms with Gasteiger partial charge in [0.15, 0.2) is 11.5 Å². The fourth-order valence-electron chi connectivity index (χ4n) is 2.12. The largest absolute Gasteiger partial charge is 0.296 e. The molecule has 0 unspecified atom stereocenters. The van der Waals surface area contributed by atoms with Gasteiger partial charge < -0.3 is 0 Å². The molecule has 0 saturated heterocycles. The Labute approximate surface area is 120 Å². The average molecular weight is 284 g/mol. The lowest BCUT2D eigenvalue weighted by molar-refractivity contribution is 0.757. The zero-order chi connectivity index (χ0) is 14.1. The van der Waals surface area contributed by atoms with Crippen LogP contribution in [-0.2, 0) is 7.05 Å². The van der Waals surface area contributed by atoms with Gasteiger partial charge in [-0.25, -0.2) is 4.99 Å². The SMILES string of the molecule is CSC1=NC(C#N)=CN2C(c3cnn(C)c3)=CCN=C12. The van der Waals surface area contributed by atoms with Gasteiger partial charge in [-0.2, -0.15) is 10.4 Å². The van der Waals surface area contributed by atoms with E-state index in [4.69, 9.17) is 5.26 Å². The predicted octanol–water partition coefficient (Wildman–Crippen LogP) is 1.62. The Morgan fingerprint density at radius 2 is 2.30 bits per heavy atom. The minimum absolute atomic E-state index is 0.380. The molecule has 3 heterocycles. The van der Waals surface area contributed by atoms with E-state index in [0.717, 1.165) is 22.1 Å². The van der Waals surface area contributed by atoms with Crippen LogP contribution in [-0.4, -0.2) is 38.4 Å². The molecule has 100 valence electrons. The van der Waals surface area contributed by atoms with Crippen molar-refractivity contribution < 1.29 is 0 Å². The molecule has 0 atom stereocenters.